The van der Waals surface area contributed by atoms with Gasteiger partial charge in [-0.2, -0.15) is 13.2 Å². The van der Waals surface area contributed by atoms with E-state index in [2.05, 4.69) is 17.1 Å². The molecule has 1 N–H and O–H groups in total. The maximum atomic E-state index is 13.6. The maximum Gasteiger partial charge on any atom is 0.416 e. The molecule has 0 bridgehead atoms. The Morgan fingerprint density at radius 3 is 2.50 bits per heavy atom. The number of piperazine rings is 1. The lowest BCUT2D eigenvalue weighted by molar-refractivity contribution is -0.139. The van der Waals surface area contributed by atoms with Crippen molar-refractivity contribution in [2.45, 2.75) is 44.8 Å². The Morgan fingerprint density at radius 1 is 1.21 bits per heavy atom. The molecule has 1 saturated heterocycles. The number of halogens is 3. The van der Waals surface area contributed by atoms with Crippen molar-refractivity contribution in [3.8, 4) is 5.75 Å². The number of benzene rings is 1. The number of ether oxygens (including phenoxy) is 1. The van der Waals surface area contributed by atoms with E-state index in [1.807, 2.05) is 0 Å². The first kappa shape index (κ1) is 19.1. The smallest absolute Gasteiger partial charge is 0.416 e. The molecule has 0 radical (unpaired) electrons. The number of nitrogens with zero attached hydrogens (tertiary/aromatic N) is 1. The van der Waals surface area contributed by atoms with Crippen LogP contribution in [0.2, 0.25) is 0 Å². The zero-order chi connectivity index (χ0) is 17.6. The highest BCUT2D eigenvalue weighted by atomic mass is 19.4. The third-order valence-electron chi connectivity index (χ3n) is 4.60. The van der Waals surface area contributed by atoms with Gasteiger partial charge >= 0.3 is 6.18 Å². The molecule has 0 aliphatic carbocycles. The third kappa shape index (κ3) is 4.86. The lowest BCUT2D eigenvalue weighted by Crippen LogP contribution is -2.45. The van der Waals surface area contributed by atoms with Crippen LogP contribution in [0, 0.1) is 0 Å². The van der Waals surface area contributed by atoms with Crippen molar-refractivity contribution < 1.29 is 17.9 Å². The fourth-order valence-corrected chi connectivity index (χ4v) is 3.31. The molecule has 0 spiro atoms. The molecule has 1 aromatic carbocycles. The van der Waals surface area contributed by atoms with E-state index in [9.17, 15) is 13.2 Å². The highest BCUT2D eigenvalue weighted by Crippen LogP contribution is 2.40. The molecule has 0 aromatic heterocycles. The van der Waals surface area contributed by atoms with Crippen LogP contribution in [0.3, 0.4) is 0 Å². The average Bonchev–Trinajstić information content (AvgIpc) is 2.58. The highest BCUT2D eigenvalue weighted by Gasteiger charge is 2.37. The molecule has 24 heavy (non-hydrogen) atoms. The second-order valence-electron chi connectivity index (χ2n) is 6.25. The number of alkyl halides is 3. The molecule has 1 aliphatic heterocycles. The molecular weight excluding hydrogens is 317 g/mol. The van der Waals surface area contributed by atoms with Gasteiger partial charge in [-0.25, -0.2) is 0 Å². The SMILES string of the molecule is CCCCC[C@H](c1ccc(OC)cc1C(F)(F)F)N1CCNCC1. The quantitative estimate of drug-likeness (QED) is 0.749. The minimum atomic E-state index is -4.37. The first-order valence-corrected chi connectivity index (χ1v) is 8.67. The number of unbranched alkanes of at least 4 members (excludes halogenated alkanes) is 2. The van der Waals surface area contributed by atoms with E-state index < -0.39 is 11.7 Å². The summed E-state index contributed by atoms with van der Waals surface area (Å²) < 4.78 is 45.8. The molecule has 1 heterocycles. The summed E-state index contributed by atoms with van der Waals surface area (Å²) in [6.07, 6.45) is -0.582. The van der Waals surface area contributed by atoms with E-state index in [1.165, 1.54) is 7.11 Å². The predicted octanol–water partition coefficient (Wildman–Crippen LogP) is 4.24. The van der Waals surface area contributed by atoms with Gasteiger partial charge < -0.3 is 10.1 Å². The second-order valence-corrected chi connectivity index (χ2v) is 6.25. The van der Waals surface area contributed by atoms with E-state index in [-0.39, 0.29) is 11.8 Å². The Balaban J connectivity index is 2.36. The number of nitrogens with one attached hydrogen (secondary N) is 1. The number of rotatable bonds is 7. The molecule has 1 atom stereocenters. The fraction of sp³-hybridized carbons (Fsp3) is 0.667. The number of hydrogen-bond donors (Lipinski definition) is 1. The molecule has 1 aromatic rings. The van der Waals surface area contributed by atoms with Gasteiger partial charge in [0.2, 0.25) is 0 Å². The maximum absolute atomic E-state index is 13.6. The van der Waals surface area contributed by atoms with Gasteiger partial charge in [-0.15, -0.1) is 0 Å². The van der Waals surface area contributed by atoms with Crippen LogP contribution >= 0.6 is 0 Å². The summed E-state index contributed by atoms with van der Waals surface area (Å²) in [5.41, 5.74) is -0.191. The number of methoxy groups -OCH3 is 1. The third-order valence-corrected chi connectivity index (χ3v) is 4.60. The van der Waals surface area contributed by atoms with Crippen molar-refractivity contribution in [3.05, 3.63) is 29.3 Å². The van der Waals surface area contributed by atoms with E-state index in [0.29, 0.717) is 5.56 Å². The van der Waals surface area contributed by atoms with Gasteiger partial charge in [0.25, 0.3) is 0 Å². The first-order chi connectivity index (χ1) is 11.5. The minimum Gasteiger partial charge on any atom is -0.497 e. The van der Waals surface area contributed by atoms with Crippen molar-refractivity contribution in [1.82, 2.24) is 10.2 Å². The van der Waals surface area contributed by atoms with E-state index in [0.717, 1.165) is 57.9 Å². The van der Waals surface area contributed by atoms with Crippen LogP contribution in [0.5, 0.6) is 5.75 Å². The van der Waals surface area contributed by atoms with Gasteiger partial charge in [0.15, 0.2) is 0 Å². The van der Waals surface area contributed by atoms with Gasteiger partial charge in [-0.3, -0.25) is 4.90 Å². The number of hydrogen-bond acceptors (Lipinski definition) is 3. The van der Waals surface area contributed by atoms with Crippen LogP contribution in [0.25, 0.3) is 0 Å². The van der Waals surface area contributed by atoms with Crippen molar-refractivity contribution in [1.29, 1.82) is 0 Å². The largest absolute Gasteiger partial charge is 0.497 e. The first-order valence-electron chi connectivity index (χ1n) is 8.67. The Kier molecular flexibility index (Phi) is 6.92. The lowest BCUT2D eigenvalue weighted by Gasteiger charge is -2.36. The molecule has 0 saturated carbocycles. The molecule has 6 heteroatoms. The lowest BCUT2D eigenvalue weighted by atomic mass is 9.93. The fourth-order valence-electron chi connectivity index (χ4n) is 3.31. The highest BCUT2D eigenvalue weighted by molar-refractivity contribution is 5.39. The van der Waals surface area contributed by atoms with Crippen LogP contribution in [-0.4, -0.2) is 38.2 Å². The molecule has 1 fully saturated rings. The summed E-state index contributed by atoms with van der Waals surface area (Å²) in [5.74, 6) is 0.249. The summed E-state index contributed by atoms with van der Waals surface area (Å²) in [4.78, 5) is 2.18. The van der Waals surface area contributed by atoms with Gasteiger partial charge in [0.1, 0.15) is 5.75 Å². The van der Waals surface area contributed by atoms with E-state index in [1.54, 1.807) is 12.1 Å². The molecule has 0 unspecified atom stereocenters. The van der Waals surface area contributed by atoms with Gasteiger partial charge in [-0.1, -0.05) is 32.3 Å². The van der Waals surface area contributed by atoms with Crippen LogP contribution in [-0.2, 0) is 6.18 Å². The standard InChI is InChI=1S/C18H27F3N2O/c1-3-4-5-6-17(23-11-9-22-10-12-23)15-8-7-14(24-2)13-16(15)18(19,20)21/h7-8,13,17,22H,3-6,9-12H2,1-2H3/t17-/m1/s1. The Bertz CT molecular complexity index is 513. The van der Waals surface area contributed by atoms with Crippen LogP contribution in [0.4, 0.5) is 13.2 Å². The van der Waals surface area contributed by atoms with Gasteiger partial charge in [-0.05, 0) is 24.1 Å². The van der Waals surface area contributed by atoms with Gasteiger partial charge in [0.05, 0.1) is 12.7 Å². The monoisotopic (exact) mass is 344 g/mol. The second kappa shape index (κ2) is 8.72. The Labute approximate surface area is 142 Å². The summed E-state index contributed by atoms with van der Waals surface area (Å²) in [6.45, 7) is 5.30. The topological polar surface area (TPSA) is 24.5 Å². The average molecular weight is 344 g/mol. The van der Waals surface area contributed by atoms with Gasteiger partial charge in [0, 0.05) is 32.2 Å². The zero-order valence-corrected chi connectivity index (χ0v) is 14.5. The minimum absolute atomic E-state index is 0.193. The van der Waals surface area contributed by atoms with Crippen LogP contribution in [0.15, 0.2) is 18.2 Å². The van der Waals surface area contributed by atoms with Crippen molar-refractivity contribution in [2.75, 3.05) is 33.3 Å². The molecule has 3 nitrogen and oxygen atoms in total. The molecule has 0 amide bonds. The summed E-state index contributed by atoms with van der Waals surface area (Å²) >= 11 is 0. The predicted molar refractivity (Wildman–Crippen MR) is 89.3 cm³/mol. The zero-order valence-electron chi connectivity index (χ0n) is 14.5. The molecule has 136 valence electrons. The van der Waals surface area contributed by atoms with E-state index in [4.69, 9.17) is 4.74 Å². The summed E-state index contributed by atoms with van der Waals surface area (Å²) in [6, 6.07) is 4.17. The molecule has 1 aliphatic rings. The van der Waals surface area contributed by atoms with Crippen LogP contribution < -0.4 is 10.1 Å². The van der Waals surface area contributed by atoms with Crippen molar-refractivity contribution in [2.24, 2.45) is 0 Å². The summed E-state index contributed by atoms with van der Waals surface area (Å²) in [5, 5.41) is 3.27. The normalized spacial score (nSPS) is 17.7. The Morgan fingerprint density at radius 2 is 1.92 bits per heavy atom. The van der Waals surface area contributed by atoms with Crippen molar-refractivity contribution in [3.63, 3.8) is 0 Å². The van der Waals surface area contributed by atoms with E-state index >= 15 is 0 Å². The Hall–Kier alpha value is -1.27. The van der Waals surface area contributed by atoms with Crippen molar-refractivity contribution >= 4 is 0 Å². The summed E-state index contributed by atoms with van der Waals surface area (Å²) in [7, 11) is 1.39. The van der Waals surface area contributed by atoms with Crippen LogP contribution in [0.1, 0.15) is 49.8 Å². The molecular formula is C18H27F3N2O. The molecule has 2 rings (SSSR count).